The van der Waals surface area contributed by atoms with Gasteiger partial charge in [-0.15, -0.1) is 11.8 Å². The van der Waals surface area contributed by atoms with E-state index < -0.39 is 12.0 Å². The van der Waals surface area contributed by atoms with Crippen molar-refractivity contribution in [3.8, 4) is 0 Å². The highest BCUT2D eigenvalue weighted by molar-refractivity contribution is 7.99. The molecule has 0 aromatic carbocycles. The van der Waals surface area contributed by atoms with Crippen molar-refractivity contribution >= 4 is 23.6 Å². The molecule has 1 aliphatic heterocycles. The molecule has 1 amide bonds. The van der Waals surface area contributed by atoms with Crippen LogP contribution in [0.5, 0.6) is 0 Å². The van der Waals surface area contributed by atoms with Crippen molar-refractivity contribution in [2.75, 3.05) is 18.7 Å². The molecule has 2 atom stereocenters. The molecule has 2 N–H and O–H groups in total. The number of thioether (sulfide) groups is 1. The molecule has 1 fully saturated rings. The maximum Gasteiger partial charge on any atom is 0.328 e. The van der Waals surface area contributed by atoms with Crippen LogP contribution in [0.25, 0.3) is 0 Å². The van der Waals surface area contributed by atoms with Crippen LogP contribution in [0.15, 0.2) is 0 Å². The van der Waals surface area contributed by atoms with E-state index in [0.29, 0.717) is 6.42 Å². The van der Waals surface area contributed by atoms with Crippen LogP contribution >= 0.6 is 11.8 Å². The van der Waals surface area contributed by atoms with Crippen molar-refractivity contribution in [3.63, 3.8) is 0 Å². The highest BCUT2D eigenvalue weighted by atomic mass is 32.2. The van der Waals surface area contributed by atoms with E-state index >= 15 is 0 Å². The molecule has 86 valence electrons. The molecule has 5 nitrogen and oxygen atoms in total. The lowest BCUT2D eigenvalue weighted by Gasteiger charge is -2.17. The minimum absolute atomic E-state index is 0.128. The maximum absolute atomic E-state index is 11.6. The average molecular weight is 232 g/mol. The van der Waals surface area contributed by atoms with E-state index in [2.05, 4.69) is 15.4 Å². The zero-order valence-electron chi connectivity index (χ0n) is 8.91. The van der Waals surface area contributed by atoms with E-state index in [1.165, 1.54) is 7.11 Å². The minimum Gasteiger partial charge on any atom is -0.467 e. The predicted molar refractivity (Wildman–Crippen MR) is 58.5 cm³/mol. The van der Waals surface area contributed by atoms with E-state index in [4.69, 9.17) is 0 Å². The van der Waals surface area contributed by atoms with Crippen LogP contribution in [0.2, 0.25) is 0 Å². The van der Waals surface area contributed by atoms with Gasteiger partial charge in [-0.3, -0.25) is 10.1 Å². The number of rotatable bonds is 4. The van der Waals surface area contributed by atoms with Gasteiger partial charge in [0, 0.05) is 11.6 Å². The first-order valence-corrected chi connectivity index (χ1v) is 6.03. The summed E-state index contributed by atoms with van der Waals surface area (Å²) < 4.78 is 4.59. The summed E-state index contributed by atoms with van der Waals surface area (Å²) in [7, 11) is 1.32. The first-order chi connectivity index (χ1) is 7.19. The van der Waals surface area contributed by atoms with Crippen molar-refractivity contribution in [3.05, 3.63) is 0 Å². The van der Waals surface area contributed by atoms with Crippen LogP contribution in [0.3, 0.4) is 0 Å². The van der Waals surface area contributed by atoms with E-state index in [9.17, 15) is 9.59 Å². The molecule has 1 aliphatic rings. The van der Waals surface area contributed by atoms with E-state index in [0.717, 1.165) is 11.6 Å². The van der Waals surface area contributed by atoms with Crippen molar-refractivity contribution in [1.29, 1.82) is 0 Å². The Morgan fingerprint density at radius 2 is 2.40 bits per heavy atom. The van der Waals surface area contributed by atoms with Crippen LogP contribution < -0.4 is 10.6 Å². The largest absolute Gasteiger partial charge is 0.467 e. The van der Waals surface area contributed by atoms with Gasteiger partial charge in [0.2, 0.25) is 5.91 Å². The molecule has 0 radical (unpaired) electrons. The van der Waals surface area contributed by atoms with Gasteiger partial charge in [0.15, 0.2) is 0 Å². The second-order valence-electron chi connectivity index (χ2n) is 3.26. The van der Waals surface area contributed by atoms with Crippen LogP contribution in [0, 0.1) is 0 Å². The maximum atomic E-state index is 11.6. The zero-order chi connectivity index (χ0) is 11.3. The third-order valence-corrected chi connectivity index (χ3v) is 3.18. The van der Waals surface area contributed by atoms with Gasteiger partial charge in [-0.1, -0.05) is 6.92 Å². The number of carbonyl (C=O) groups is 2. The summed E-state index contributed by atoms with van der Waals surface area (Å²) in [6, 6.07) is -0.719. The summed E-state index contributed by atoms with van der Waals surface area (Å²) in [4.78, 5) is 22.9. The molecule has 0 aliphatic carbocycles. The van der Waals surface area contributed by atoms with Crippen LogP contribution in [-0.4, -0.2) is 42.7 Å². The van der Waals surface area contributed by atoms with Crippen molar-refractivity contribution in [2.24, 2.45) is 0 Å². The molecule has 1 saturated heterocycles. The van der Waals surface area contributed by atoms with E-state index in [1.807, 2.05) is 6.92 Å². The van der Waals surface area contributed by atoms with E-state index in [-0.39, 0.29) is 11.9 Å². The number of ether oxygens (including phenoxy) is 1. The fourth-order valence-electron chi connectivity index (χ4n) is 1.31. The number of methoxy groups -OCH3 is 1. The second-order valence-corrected chi connectivity index (χ2v) is 4.29. The lowest BCUT2D eigenvalue weighted by molar-refractivity contribution is -0.145. The smallest absolute Gasteiger partial charge is 0.328 e. The molecule has 6 heteroatoms. The van der Waals surface area contributed by atoms with Gasteiger partial charge in [0.1, 0.15) is 6.04 Å². The first kappa shape index (κ1) is 12.3. The fraction of sp³-hybridized carbons (Fsp3) is 0.778. The molecule has 0 bridgehead atoms. The summed E-state index contributed by atoms with van der Waals surface area (Å²) in [5.41, 5.74) is 0. The highest BCUT2D eigenvalue weighted by Crippen LogP contribution is 2.09. The number of carbonyl (C=O) groups excluding carboxylic acids is 2. The predicted octanol–water partition coefficient (Wildman–Crippen LogP) is -0.283. The van der Waals surface area contributed by atoms with Crippen LogP contribution in [0.4, 0.5) is 0 Å². The number of esters is 1. The Hall–Kier alpha value is -0.750. The molecular weight excluding hydrogens is 216 g/mol. The topological polar surface area (TPSA) is 67.4 Å². The molecule has 1 rings (SSSR count). The number of amides is 1. The molecular formula is C9H16N2O3S. The molecule has 1 heterocycles. The molecule has 0 aromatic rings. The Morgan fingerprint density at radius 1 is 1.67 bits per heavy atom. The number of hydrogen-bond donors (Lipinski definition) is 2. The summed E-state index contributed by atoms with van der Waals surface area (Å²) in [6.07, 6.45) is 0.540. The molecule has 0 saturated carbocycles. The van der Waals surface area contributed by atoms with Gasteiger partial charge in [-0.25, -0.2) is 4.79 Å². The van der Waals surface area contributed by atoms with Crippen molar-refractivity contribution < 1.29 is 14.3 Å². The van der Waals surface area contributed by atoms with Gasteiger partial charge < -0.3 is 10.1 Å². The lowest BCUT2D eigenvalue weighted by Crippen LogP contribution is -2.49. The Labute approximate surface area is 93.3 Å². The monoisotopic (exact) mass is 232 g/mol. The van der Waals surface area contributed by atoms with Crippen molar-refractivity contribution in [1.82, 2.24) is 10.6 Å². The molecule has 0 aromatic heterocycles. The third kappa shape index (κ3) is 3.39. The standard InChI is InChI=1S/C9H16N2O3S/c1-3-6(9(13)14-2)11-8(12)7-4-15-5-10-7/h6-7,10H,3-5H2,1-2H3,(H,11,12)/t6?,7-/m1/s1. The Morgan fingerprint density at radius 3 is 2.87 bits per heavy atom. The Bertz CT molecular complexity index is 242. The summed E-state index contributed by atoms with van der Waals surface area (Å²) in [6.45, 7) is 1.83. The molecule has 15 heavy (non-hydrogen) atoms. The normalized spacial score (nSPS) is 22.1. The van der Waals surface area contributed by atoms with Crippen LogP contribution in [0.1, 0.15) is 13.3 Å². The molecule has 0 spiro atoms. The number of nitrogens with one attached hydrogen (secondary N) is 2. The zero-order valence-corrected chi connectivity index (χ0v) is 9.73. The van der Waals surface area contributed by atoms with Gasteiger partial charge in [0.25, 0.3) is 0 Å². The van der Waals surface area contributed by atoms with Gasteiger partial charge in [-0.2, -0.15) is 0 Å². The average Bonchev–Trinajstić information content (AvgIpc) is 2.77. The lowest BCUT2D eigenvalue weighted by atomic mass is 10.2. The first-order valence-electron chi connectivity index (χ1n) is 4.88. The summed E-state index contributed by atoms with van der Waals surface area (Å²) in [5.74, 6) is 1.02. The quantitative estimate of drug-likeness (QED) is 0.652. The molecule has 1 unspecified atom stereocenters. The van der Waals surface area contributed by atoms with Gasteiger partial charge >= 0.3 is 5.97 Å². The van der Waals surface area contributed by atoms with Crippen molar-refractivity contribution in [2.45, 2.75) is 25.4 Å². The summed E-state index contributed by atoms with van der Waals surface area (Å²) in [5, 5.41) is 5.71. The summed E-state index contributed by atoms with van der Waals surface area (Å²) >= 11 is 1.67. The number of hydrogen-bond acceptors (Lipinski definition) is 5. The van der Waals surface area contributed by atoms with Crippen LogP contribution in [-0.2, 0) is 14.3 Å². The highest BCUT2D eigenvalue weighted by Gasteiger charge is 2.26. The van der Waals surface area contributed by atoms with Gasteiger partial charge in [0.05, 0.1) is 13.2 Å². The Balaban J connectivity index is 2.43. The second kappa shape index (κ2) is 5.97. The SMILES string of the molecule is CCC(NC(=O)[C@H]1CSCN1)C(=O)OC. The fourth-order valence-corrected chi connectivity index (χ4v) is 2.25. The van der Waals surface area contributed by atoms with E-state index in [1.54, 1.807) is 11.8 Å². The van der Waals surface area contributed by atoms with Gasteiger partial charge in [-0.05, 0) is 6.42 Å². The minimum atomic E-state index is -0.533. The Kier molecular flexibility index (Phi) is 4.90. The third-order valence-electron chi connectivity index (χ3n) is 2.24.